The van der Waals surface area contributed by atoms with Crippen LogP contribution in [0.3, 0.4) is 0 Å². The second kappa shape index (κ2) is 37.6. The topological polar surface area (TPSA) is 64.5 Å². The zero-order valence-corrected chi connectivity index (χ0v) is 80.7. The van der Waals surface area contributed by atoms with Crippen molar-refractivity contribution in [3.63, 3.8) is 0 Å². The number of benzene rings is 24. The fourth-order valence-electron chi connectivity index (χ4n) is 22.1. The molecular formula is C140H92N8. The molecule has 0 aliphatic heterocycles. The highest BCUT2D eigenvalue weighted by atomic mass is 15.2. The minimum atomic E-state index is 0.895. The van der Waals surface area contributed by atoms with Gasteiger partial charge in [0.25, 0.3) is 0 Å². The van der Waals surface area contributed by atoms with Crippen molar-refractivity contribution in [3.8, 4) is 67.0 Å². The van der Waals surface area contributed by atoms with Gasteiger partial charge in [0, 0.05) is 123 Å². The zero-order chi connectivity index (χ0) is 97.9. The molecule has 148 heavy (non-hydrogen) atoms. The number of anilines is 12. The first-order chi connectivity index (χ1) is 73.4. The molecule has 0 radical (unpaired) electrons. The molecule has 692 valence electrons. The monoisotopic (exact) mass is 1880 g/mol. The van der Waals surface area contributed by atoms with Crippen molar-refractivity contribution in [2.45, 2.75) is 0 Å². The Hall–Kier alpha value is -19.8. The van der Waals surface area contributed by atoms with Gasteiger partial charge in [-0.3, -0.25) is 0 Å². The Morgan fingerprint density at radius 2 is 0.372 bits per heavy atom. The third kappa shape index (κ3) is 16.1. The van der Waals surface area contributed by atoms with Gasteiger partial charge in [0.15, 0.2) is 0 Å². The molecule has 28 aromatic rings. The van der Waals surface area contributed by atoms with Gasteiger partial charge in [-0.05, 0) is 292 Å². The number of fused-ring (bicyclic) bond motifs is 14. The molecule has 0 fully saturated rings. The van der Waals surface area contributed by atoms with E-state index in [1.165, 1.54) is 81.7 Å². The number of pyridine rings is 4. The van der Waals surface area contributed by atoms with Crippen LogP contribution in [0.5, 0.6) is 0 Å². The Morgan fingerprint density at radius 1 is 0.115 bits per heavy atom. The lowest BCUT2D eigenvalue weighted by molar-refractivity contribution is 1.26. The van der Waals surface area contributed by atoms with Crippen molar-refractivity contribution in [2.75, 3.05) is 19.6 Å². The first-order valence-electron chi connectivity index (χ1n) is 50.4. The third-order valence-corrected chi connectivity index (χ3v) is 29.1. The van der Waals surface area contributed by atoms with Crippen molar-refractivity contribution in [1.29, 1.82) is 0 Å². The largest absolute Gasteiger partial charge is 0.311 e. The van der Waals surface area contributed by atoms with Gasteiger partial charge in [0.1, 0.15) is 0 Å². The predicted molar refractivity (Wildman–Crippen MR) is 625 cm³/mol. The van der Waals surface area contributed by atoms with Crippen LogP contribution in [0.1, 0.15) is 0 Å². The summed E-state index contributed by atoms with van der Waals surface area (Å²) in [6.45, 7) is 0. The number of nitrogens with zero attached hydrogens (tertiary/aromatic N) is 8. The molecule has 0 saturated heterocycles. The number of rotatable bonds is 18. The predicted octanol–water partition coefficient (Wildman–Crippen LogP) is 38.7. The quantitative estimate of drug-likeness (QED) is 0.0622. The summed E-state index contributed by atoms with van der Waals surface area (Å²) in [6.07, 6.45) is 0. The third-order valence-electron chi connectivity index (χ3n) is 29.1. The van der Waals surface area contributed by atoms with Crippen LogP contribution in [-0.2, 0) is 0 Å². The summed E-state index contributed by atoms with van der Waals surface area (Å²) in [4.78, 5) is 30.9. The number of hydrogen-bond donors (Lipinski definition) is 0. The maximum absolute atomic E-state index is 5.60. The van der Waals surface area contributed by atoms with E-state index in [0.29, 0.717) is 0 Å². The first-order valence-corrected chi connectivity index (χ1v) is 50.4. The van der Waals surface area contributed by atoms with Crippen LogP contribution in [0.25, 0.3) is 197 Å². The van der Waals surface area contributed by atoms with Crippen LogP contribution in [0, 0.1) is 0 Å². The van der Waals surface area contributed by atoms with E-state index in [4.69, 9.17) is 19.9 Å². The Balaban J connectivity index is 0.000000146. The van der Waals surface area contributed by atoms with Crippen molar-refractivity contribution in [2.24, 2.45) is 0 Å². The molecule has 28 rings (SSSR count). The summed E-state index contributed by atoms with van der Waals surface area (Å²) < 4.78 is 0. The molecule has 0 N–H and O–H groups in total. The van der Waals surface area contributed by atoms with Crippen LogP contribution in [0.4, 0.5) is 68.2 Å². The first kappa shape index (κ1) is 87.2. The average Bonchev–Trinajstić information content (AvgIpc) is 0.723. The fourth-order valence-corrected chi connectivity index (χ4v) is 22.1. The van der Waals surface area contributed by atoms with Gasteiger partial charge in [-0.15, -0.1) is 0 Å². The lowest BCUT2D eigenvalue weighted by Crippen LogP contribution is -2.12. The van der Waals surface area contributed by atoms with E-state index in [1.54, 1.807) is 0 Å². The molecule has 0 unspecified atom stereocenters. The Kier molecular flexibility index (Phi) is 22.1. The smallest absolute Gasteiger partial charge is 0.0978 e. The molecule has 0 saturated carbocycles. The van der Waals surface area contributed by atoms with Gasteiger partial charge < -0.3 is 19.6 Å². The molecule has 0 spiro atoms. The van der Waals surface area contributed by atoms with Gasteiger partial charge in [0.2, 0.25) is 0 Å². The maximum Gasteiger partial charge on any atom is 0.0978 e. The number of aromatic nitrogens is 4. The zero-order valence-electron chi connectivity index (χ0n) is 80.7. The van der Waals surface area contributed by atoms with Gasteiger partial charge >= 0.3 is 0 Å². The summed E-state index contributed by atoms with van der Waals surface area (Å²) in [5.74, 6) is 0. The van der Waals surface area contributed by atoms with E-state index in [1.807, 2.05) is 0 Å². The minimum Gasteiger partial charge on any atom is -0.311 e. The molecule has 0 aliphatic rings. The summed E-state index contributed by atoms with van der Waals surface area (Å²) in [5.41, 5.74) is 32.0. The molecule has 0 atom stereocenters. The van der Waals surface area contributed by atoms with Gasteiger partial charge in [-0.1, -0.05) is 364 Å². The van der Waals surface area contributed by atoms with E-state index in [-0.39, 0.29) is 0 Å². The average molecular weight is 1890 g/mol. The Morgan fingerprint density at radius 3 is 0.784 bits per heavy atom. The van der Waals surface area contributed by atoms with Crippen LogP contribution in [0.2, 0.25) is 0 Å². The number of hydrogen-bond acceptors (Lipinski definition) is 8. The maximum atomic E-state index is 5.60. The molecule has 4 heterocycles. The lowest BCUT2D eigenvalue weighted by atomic mass is 9.87. The lowest BCUT2D eigenvalue weighted by Gasteiger charge is -2.28. The van der Waals surface area contributed by atoms with Gasteiger partial charge in [-0.25, -0.2) is 19.9 Å². The van der Waals surface area contributed by atoms with Crippen molar-refractivity contribution >= 4 is 198 Å². The molecule has 0 bridgehead atoms. The fraction of sp³-hybridized carbons (Fsp3) is 0. The van der Waals surface area contributed by atoms with Crippen LogP contribution in [0.15, 0.2) is 558 Å². The summed E-state index contributed by atoms with van der Waals surface area (Å²) in [7, 11) is 0. The van der Waals surface area contributed by atoms with E-state index < -0.39 is 0 Å². The molecule has 8 heteroatoms. The highest BCUT2D eigenvalue weighted by Crippen LogP contribution is 2.50. The highest BCUT2D eigenvalue weighted by Gasteiger charge is 2.26. The molecule has 8 nitrogen and oxygen atoms in total. The second-order valence-corrected chi connectivity index (χ2v) is 37.9. The van der Waals surface area contributed by atoms with Crippen molar-refractivity contribution in [3.05, 3.63) is 558 Å². The van der Waals surface area contributed by atoms with Gasteiger partial charge in [0.05, 0.1) is 44.5 Å². The summed E-state index contributed by atoms with van der Waals surface area (Å²) >= 11 is 0. The number of para-hydroxylation sites is 6. The standard InChI is InChI=1S/2C70H46N4/c1-4-19-48(20-5-1)67-62-30-16-17-31-64(62)71-70-63(67)44-35-50-36-45-65(72-69(50)70)68-60-28-14-12-26-58(60)66(59-27-13-15-29-61(59)68)49-33-37-54(38-34-49)74(57-39-32-47-18-10-11-21-51(47)46-57)56-42-40-55(41-43-56)73(52-22-6-2-7-23-52)53-24-8-3-9-25-53;1-4-15-49(16-5-1)68-64-22-12-13-23-67(64)72-70-65(68)40-31-50-32-41-66(71-69(50)70)55-27-26-54-43-56-42-52(24-25-53(56)44-57(54)45-55)48-28-33-60(34-29-48)74(63-35-30-47-14-10-11-17-51(47)46-63)62-38-36-61(37-39-62)73(58-18-6-2-7-19-58)59-20-8-3-9-21-59/h2*1-46H. The summed E-state index contributed by atoms with van der Waals surface area (Å²) in [5, 5.41) is 20.8. The van der Waals surface area contributed by atoms with Gasteiger partial charge in [-0.2, -0.15) is 0 Å². The Bertz CT molecular complexity index is 9820. The SMILES string of the molecule is c1ccc(-c2c3ccccc3nc3c2ccc2ccc(-c4c5ccccc5c(-c5ccc(N(c6ccc(N(c7ccccc7)c7ccccc7)cc6)c6ccc7ccccc7c6)cc5)c5ccccc45)nc23)cc1.c1ccc(-c2c3ccccc3nc3c2ccc2ccc(-c4ccc5cc6cc(-c7ccc(N(c8ccc(N(c9ccccc9)c9ccccc9)cc8)c8ccc9ccccc9c8)cc7)ccc6cc5c4)nc23)cc1. The Labute approximate surface area is 856 Å². The van der Waals surface area contributed by atoms with Crippen LogP contribution in [-0.4, -0.2) is 19.9 Å². The van der Waals surface area contributed by atoms with Crippen LogP contribution >= 0.6 is 0 Å². The van der Waals surface area contributed by atoms with E-state index in [9.17, 15) is 0 Å². The highest BCUT2D eigenvalue weighted by molar-refractivity contribution is 6.23. The molecular weight excluding hydrogens is 1790 g/mol. The normalized spacial score (nSPS) is 11.5. The second-order valence-electron chi connectivity index (χ2n) is 37.9. The van der Waals surface area contributed by atoms with Crippen molar-refractivity contribution in [1.82, 2.24) is 19.9 Å². The minimum absolute atomic E-state index is 0.895. The van der Waals surface area contributed by atoms with E-state index in [0.717, 1.165) is 184 Å². The van der Waals surface area contributed by atoms with Crippen molar-refractivity contribution < 1.29 is 0 Å². The van der Waals surface area contributed by atoms with E-state index in [2.05, 4.69) is 578 Å². The molecule has 0 aliphatic carbocycles. The van der Waals surface area contributed by atoms with E-state index >= 15 is 0 Å². The molecule has 4 aromatic heterocycles. The molecule has 0 amide bonds. The molecule has 24 aromatic carbocycles. The summed E-state index contributed by atoms with van der Waals surface area (Å²) in [6, 6.07) is 200. The van der Waals surface area contributed by atoms with Crippen LogP contribution < -0.4 is 19.6 Å².